The van der Waals surface area contributed by atoms with Crippen molar-refractivity contribution in [3.8, 4) is 28.4 Å². The normalized spacial score (nSPS) is 12.5. The van der Waals surface area contributed by atoms with Gasteiger partial charge in [-0.1, -0.05) is 24.8 Å². The van der Waals surface area contributed by atoms with Gasteiger partial charge >= 0.3 is 0 Å². The maximum absolute atomic E-state index is 13.4. The van der Waals surface area contributed by atoms with E-state index in [9.17, 15) is 9.59 Å². The monoisotopic (exact) mass is 512 g/mol. The Labute approximate surface area is 220 Å². The maximum Gasteiger partial charge on any atom is 0.256 e. The SMILES string of the molecule is C=C(CN1Cc2c(-c3ccc4cnn(C)c4c3)ccc(N)c2C1=O)C(=O)c1cc(OC)c(OC)c(OC)c1. The first-order valence-electron chi connectivity index (χ1n) is 11.9. The van der Waals surface area contributed by atoms with Crippen LogP contribution in [0, 0.1) is 0 Å². The largest absolute Gasteiger partial charge is 0.493 e. The number of aromatic nitrogens is 2. The van der Waals surface area contributed by atoms with Gasteiger partial charge < -0.3 is 24.8 Å². The van der Waals surface area contributed by atoms with Crippen molar-refractivity contribution in [1.29, 1.82) is 0 Å². The summed E-state index contributed by atoms with van der Waals surface area (Å²) in [6.45, 7) is 4.34. The number of nitrogens with two attached hydrogens (primary N) is 1. The van der Waals surface area contributed by atoms with E-state index in [-0.39, 0.29) is 23.8 Å². The highest BCUT2D eigenvalue weighted by Crippen LogP contribution is 2.40. The van der Waals surface area contributed by atoms with Gasteiger partial charge in [-0.2, -0.15) is 5.10 Å². The summed E-state index contributed by atoms with van der Waals surface area (Å²) in [5.74, 6) is 0.531. The molecule has 1 aromatic heterocycles. The Kier molecular flexibility index (Phi) is 6.28. The highest BCUT2D eigenvalue weighted by Gasteiger charge is 2.33. The van der Waals surface area contributed by atoms with E-state index in [0.29, 0.717) is 40.6 Å². The number of benzene rings is 3. The molecule has 0 fully saturated rings. The van der Waals surface area contributed by atoms with E-state index in [2.05, 4.69) is 11.7 Å². The van der Waals surface area contributed by atoms with E-state index in [4.69, 9.17) is 19.9 Å². The molecule has 0 aliphatic carbocycles. The van der Waals surface area contributed by atoms with Crippen LogP contribution in [0.1, 0.15) is 26.3 Å². The van der Waals surface area contributed by atoms with Crippen molar-refractivity contribution in [2.45, 2.75) is 6.54 Å². The van der Waals surface area contributed by atoms with Gasteiger partial charge in [-0.05, 0) is 41.0 Å². The molecule has 2 N–H and O–H groups in total. The number of nitrogens with zero attached hydrogens (tertiary/aromatic N) is 3. The number of rotatable bonds is 8. The quantitative estimate of drug-likeness (QED) is 0.214. The van der Waals surface area contributed by atoms with Crippen molar-refractivity contribution in [3.05, 3.63) is 77.5 Å². The fourth-order valence-corrected chi connectivity index (χ4v) is 4.93. The molecule has 2 heterocycles. The minimum atomic E-state index is -0.331. The highest BCUT2D eigenvalue weighted by atomic mass is 16.5. The number of fused-ring (bicyclic) bond motifs is 2. The Balaban J connectivity index is 1.43. The molecule has 0 unspecified atom stereocenters. The number of hydrogen-bond donors (Lipinski definition) is 1. The van der Waals surface area contributed by atoms with Gasteiger partial charge in [-0.15, -0.1) is 0 Å². The number of Topliss-reactive ketones (excluding diaryl/α,β-unsaturated/α-hetero) is 1. The molecule has 0 radical (unpaired) electrons. The fourth-order valence-electron chi connectivity index (χ4n) is 4.93. The smallest absolute Gasteiger partial charge is 0.256 e. The minimum absolute atomic E-state index is 0.0443. The van der Waals surface area contributed by atoms with Gasteiger partial charge in [0, 0.05) is 42.3 Å². The first-order chi connectivity index (χ1) is 18.3. The Bertz CT molecular complexity index is 1600. The van der Waals surface area contributed by atoms with Crippen molar-refractivity contribution >= 4 is 28.3 Å². The molecule has 0 saturated heterocycles. The van der Waals surface area contributed by atoms with E-state index in [1.54, 1.807) is 23.1 Å². The fraction of sp³-hybridized carbons (Fsp3) is 0.207. The molecule has 9 nitrogen and oxygen atoms in total. The summed E-state index contributed by atoms with van der Waals surface area (Å²) in [7, 11) is 6.34. The Morgan fingerprint density at radius 1 is 1.05 bits per heavy atom. The lowest BCUT2D eigenvalue weighted by Crippen LogP contribution is -2.28. The van der Waals surface area contributed by atoms with Gasteiger partial charge in [0.05, 0.1) is 38.6 Å². The van der Waals surface area contributed by atoms with Crippen LogP contribution in [0.25, 0.3) is 22.0 Å². The summed E-state index contributed by atoms with van der Waals surface area (Å²) in [6, 6.07) is 12.9. The van der Waals surface area contributed by atoms with Crippen LogP contribution >= 0.6 is 0 Å². The second kappa shape index (κ2) is 9.59. The van der Waals surface area contributed by atoms with Crippen LogP contribution in [0.2, 0.25) is 0 Å². The third kappa shape index (κ3) is 4.02. The molecule has 0 bridgehead atoms. The van der Waals surface area contributed by atoms with Crippen LogP contribution < -0.4 is 19.9 Å². The van der Waals surface area contributed by atoms with E-state index in [0.717, 1.165) is 27.6 Å². The second-order valence-corrected chi connectivity index (χ2v) is 9.11. The molecular weight excluding hydrogens is 484 g/mol. The summed E-state index contributed by atoms with van der Waals surface area (Å²) < 4.78 is 17.9. The van der Waals surface area contributed by atoms with E-state index < -0.39 is 0 Å². The number of amides is 1. The van der Waals surface area contributed by atoms with E-state index in [1.165, 1.54) is 21.3 Å². The zero-order chi connectivity index (χ0) is 27.1. The van der Waals surface area contributed by atoms with Gasteiger partial charge in [0.1, 0.15) is 0 Å². The van der Waals surface area contributed by atoms with Gasteiger partial charge in [-0.25, -0.2) is 0 Å². The number of aryl methyl sites for hydroxylation is 1. The zero-order valence-electron chi connectivity index (χ0n) is 21.7. The standard InChI is InChI=1S/C29H28N4O5/c1-16(27(34)19-11-24(36-3)28(38-5)25(12-19)37-4)14-33-15-21-20(8-9-22(30)26(21)29(33)35)17-6-7-18-13-31-32(2)23(18)10-17/h6-13H,1,14-15,30H2,2-5H3. The molecule has 0 atom stereocenters. The topological polar surface area (TPSA) is 109 Å². The first-order valence-corrected chi connectivity index (χ1v) is 11.9. The third-order valence-corrected chi connectivity index (χ3v) is 6.89. The predicted octanol–water partition coefficient (Wildman–Crippen LogP) is 4.24. The van der Waals surface area contributed by atoms with Crippen molar-refractivity contribution in [2.24, 2.45) is 7.05 Å². The zero-order valence-corrected chi connectivity index (χ0v) is 21.7. The van der Waals surface area contributed by atoms with Gasteiger partial charge in [0.2, 0.25) is 5.75 Å². The molecular formula is C29H28N4O5. The number of anilines is 1. The predicted molar refractivity (Wildman–Crippen MR) is 145 cm³/mol. The van der Waals surface area contributed by atoms with Crippen molar-refractivity contribution in [1.82, 2.24) is 14.7 Å². The lowest BCUT2D eigenvalue weighted by atomic mass is 9.95. The Morgan fingerprint density at radius 2 is 1.76 bits per heavy atom. The Hall–Kier alpha value is -4.79. The number of methoxy groups -OCH3 is 3. The third-order valence-electron chi connectivity index (χ3n) is 6.89. The summed E-state index contributed by atoms with van der Waals surface area (Å²) >= 11 is 0. The molecule has 1 aliphatic heterocycles. The molecule has 0 spiro atoms. The average molecular weight is 513 g/mol. The maximum atomic E-state index is 13.4. The number of nitrogen functional groups attached to an aromatic ring is 1. The average Bonchev–Trinajstić information content (AvgIpc) is 3.46. The molecule has 3 aromatic carbocycles. The number of hydrogen-bond acceptors (Lipinski definition) is 7. The second-order valence-electron chi connectivity index (χ2n) is 9.11. The van der Waals surface area contributed by atoms with Crippen LogP contribution in [0.3, 0.4) is 0 Å². The van der Waals surface area contributed by atoms with Crippen molar-refractivity contribution in [3.63, 3.8) is 0 Å². The van der Waals surface area contributed by atoms with Crippen LogP contribution in [0.5, 0.6) is 17.2 Å². The van der Waals surface area contributed by atoms with Crippen LogP contribution in [-0.4, -0.2) is 54.2 Å². The van der Waals surface area contributed by atoms with Crippen molar-refractivity contribution in [2.75, 3.05) is 33.6 Å². The summed E-state index contributed by atoms with van der Waals surface area (Å²) in [5, 5.41) is 5.35. The van der Waals surface area contributed by atoms with Crippen LogP contribution in [0.4, 0.5) is 5.69 Å². The van der Waals surface area contributed by atoms with Crippen molar-refractivity contribution < 1.29 is 23.8 Å². The number of carbonyl (C=O) groups excluding carboxylic acids is 2. The number of ketones is 1. The summed E-state index contributed by atoms with van der Waals surface area (Å²) in [5.41, 5.74) is 11.4. The molecule has 4 aromatic rings. The summed E-state index contributed by atoms with van der Waals surface area (Å²) in [4.78, 5) is 28.3. The molecule has 1 amide bonds. The summed E-state index contributed by atoms with van der Waals surface area (Å²) in [6.07, 6.45) is 1.81. The van der Waals surface area contributed by atoms with Gasteiger partial charge in [0.25, 0.3) is 5.91 Å². The Morgan fingerprint density at radius 3 is 2.42 bits per heavy atom. The van der Waals surface area contributed by atoms with Crippen LogP contribution in [-0.2, 0) is 13.6 Å². The van der Waals surface area contributed by atoms with Crippen LogP contribution in [0.15, 0.2) is 60.8 Å². The van der Waals surface area contributed by atoms with E-state index >= 15 is 0 Å². The minimum Gasteiger partial charge on any atom is -0.493 e. The van der Waals surface area contributed by atoms with Gasteiger partial charge in [0.15, 0.2) is 17.3 Å². The van der Waals surface area contributed by atoms with E-state index in [1.807, 2.05) is 42.2 Å². The highest BCUT2D eigenvalue weighted by molar-refractivity contribution is 6.11. The lowest BCUT2D eigenvalue weighted by Gasteiger charge is -2.18. The lowest BCUT2D eigenvalue weighted by molar-refractivity contribution is 0.0789. The first kappa shape index (κ1) is 24.9. The molecule has 9 heteroatoms. The molecule has 5 rings (SSSR count). The molecule has 194 valence electrons. The molecule has 1 aliphatic rings. The number of carbonyl (C=O) groups is 2. The molecule has 38 heavy (non-hydrogen) atoms. The van der Waals surface area contributed by atoms with Gasteiger partial charge in [-0.3, -0.25) is 14.3 Å². The number of ether oxygens (including phenoxy) is 3. The molecule has 0 saturated carbocycles.